The minimum atomic E-state index is -3.83. The second-order valence-electron chi connectivity index (χ2n) is 9.86. The number of fused-ring (bicyclic) bond motifs is 1. The Kier molecular flexibility index (Phi) is 8.32. The van der Waals surface area contributed by atoms with Crippen molar-refractivity contribution in [2.75, 3.05) is 42.9 Å². The zero-order chi connectivity index (χ0) is 29.1. The molecule has 216 valence electrons. The van der Waals surface area contributed by atoms with Crippen molar-refractivity contribution >= 4 is 50.0 Å². The van der Waals surface area contributed by atoms with Crippen LogP contribution in [0.2, 0.25) is 0 Å². The third kappa shape index (κ3) is 5.80. The summed E-state index contributed by atoms with van der Waals surface area (Å²) in [5.74, 6) is -0.577. The van der Waals surface area contributed by atoms with Crippen LogP contribution in [-0.4, -0.2) is 69.4 Å². The molecule has 1 N–H and O–H groups in total. The lowest BCUT2D eigenvalue weighted by atomic mass is 10.0. The molecule has 1 fully saturated rings. The smallest absolute Gasteiger partial charge is 0.410 e. The fourth-order valence-electron chi connectivity index (χ4n) is 5.06. The molecular weight excluding hydrogens is 564 g/mol. The molecule has 0 radical (unpaired) electrons. The van der Waals surface area contributed by atoms with Crippen LogP contribution in [0.4, 0.5) is 15.5 Å². The fourth-order valence-corrected chi connectivity index (χ4v) is 7.50. The van der Waals surface area contributed by atoms with Crippen molar-refractivity contribution in [3.05, 3.63) is 76.2 Å². The van der Waals surface area contributed by atoms with Gasteiger partial charge in [0.1, 0.15) is 5.00 Å². The average molecular weight is 597 g/mol. The van der Waals surface area contributed by atoms with Crippen molar-refractivity contribution in [1.29, 1.82) is 0 Å². The molecular formula is C29H32N4O6S2. The number of ether oxygens (including phenoxy) is 1. The lowest BCUT2D eigenvalue weighted by molar-refractivity contribution is 0.0792. The van der Waals surface area contributed by atoms with Crippen LogP contribution in [-0.2, 0) is 27.7 Å². The summed E-state index contributed by atoms with van der Waals surface area (Å²) in [6.45, 7) is 4.08. The van der Waals surface area contributed by atoms with Crippen LogP contribution in [0.15, 0.2) is 59.5 Å². The van der Waals surface area contributed by atoms with E-state index in [9.17, 15) is 22.8 Å². The number of amides is 3. The molecule has 1 saturated heterocycles. The van der Waals surface area contributed by atoms with Gasteiger partial charge in [-0.3, -0.25) is 13.9 Å². The standard InChI is InChI=1S/C29H32N4O6S2/c1-3-39-29(36)33-18-15-23-24(19-33)40-27(25(23)28(35)32-16-7-8-17-32)30-26(34)20-11-13-22(14-12-20)41(37,38)31(2)21-9-5-4-6-10-21/h4-6,9-14H,3,7-8,15-19H2,1-2H3,(H,30,34). The fraction of sp³-hybridized carbons (Fsp3) is 0.345. The first-order valence-corrected chi connectivity index (χ1v) is 15.8. The summed E-state index contributed by atoms with van der Waals surface area (Å²) in [4.78, 5) is 43.5. The highest BCUT2D eigenvalue weighted by Crippen LogP contribution is 2.39. The average Bonchev–Trinajstić information content (AvgIpc) is 3.65. The Morgan fingerprint density at radius 2 is 1.66 bits per heavy atom. The van der Waals surface area contributed by atoms with E-state index in [1.54, 1.807) is 41.0 Å². The van der Waals surface area contributed by atoms with Crippen molar-refractivity contribution in [1.82, 2.24) is 9.80 Å². The quantitative estimate of drug-likeness (QED) is 0.427. The summed E-state index contributed by atoms with van der Waals surface area (Å²) in [5.41, 5.74) is 2.11. The largest absolute Gasteiger partial charge is 0.450 e. The summed E-state index contributed by atoms with van der Waals surface area (Å²) in [6, 6.07) is 14.4. The topological polar surface area (TPSA) is 116 Å². The number of hydrogen-bond acceptors (Lipinski definition) is 7. The molecule has 0 bridgehead atoms. The SMILES string of the molecule is CCOC(=O)N1CCc2c(sc(NC(=O)c3ccc(S(=O)(=O)N(C)c4ccccc4)cc3)c2C(=O)N2CCCC2)C1. The summed E-state index contributed by atoms with van der Waals surface area (Å²) < 4.78 is 32.6. The van der Waals surface area contributed by atoms with Crippen molar-refractivity contribution in [3.63, 3.8) is 0 Å². The third-order valence-corrected chi connectivity index (χ3v) is 10.2. The number of para-hydroxylation sites is 1. The molecule has 3 aromatic rings. The Bertz CT molecular complexity index is 1550. The van der Waals surface area contributed by atoms with E-state index in [0.29, 0.717) is 48.9 Å². The van der Waals surface area contributed by atoms with Gasteiger partial charge in [0.2, 0.25) is 0 Å². The predicted octanol–water partition coefficient (Wildman–Crippen LogP) is 4.58. The van der Waals surface area contributed by atoms with Gasteiger partial charge in [0.05, 0.1) is 29.3 Å². The number of benzene rings is 2. The summed E-state index contributed by atoms with van der Waals surface area (Å²) in [6.07, 6.45) is 1.95. The lowest BCUT2D eigenvalue weighted by Crippen LogP contribution is -2.36. The van der Waals surface area contributed by atoms with E-state index in [-0.39, 0.29) is 23.0 Å². The maximum absolute atomic E-state index is 13.6. The van der Waals surface area contributed by atoms with Gasteiger partial charge in [0.25, 0.3) is 21.8 Å². The number of likely N-dealkylation sites (tertiary alicyclic amines) is 1. The van der Waals surface area contributed by atoms with Crippen LogP contribution in [0, 0.1) is 0 Å². The van der Waals surface area contributed by atoms with Gasteiger partial charge in [-0.25, -0.2) is 13.2 Å². The third-order valence-electron chi connectivity index (χ3n) is 7.31. The molecule has 0 unspecified atom stereocenters. The second kappa shape index (κ2) is 11.9. The Labute approximate surface area is 243 Å². The summed E-state index contributed by atoms with van der Waals surface area (Å²) in [7, 11) is -2.35. The van der Waals surface area contributed by atoms with E-state index in [1.165, 1.54) is 47.0 Å². The Hall–Kier alpha value is -3.90. The molecule has 0 saturated carbocycles. The van der Waals surface area contributed by atoms with E-state index < -0.39 is 22.0 Å². The van der Waals surface area contributed by atoms with Crippen LogP contribution < -0.4 is 9.62 Å². The van der Waals surface area contributed by atoms with E-state index >= 15 is 0 Å². The van der Waals surface area contributed by atoms with E-state index in [2.05, 4.69) is 5.32 Å². The van der Waals surface area contributed by atoms with E-state index in [0.717, 1.165) is 23.3 Å². The number of nitrogens with one attached hydrogen (secondary N) is 1. The molecule has 41 heavy (non-hydrogen) atoms. The normalized spacial score (nSPS) is 14.9. The minimum absolute atomic E-state index is 0.0518. The number of carbonyl (C=O) groups is 3. The molecule has 0 aliphatic carbocycles. The maximum atomic E-state index is 13.6. The van der Waals surface area contributed by atoms with Crippen LogP contribution >= 0.6 is 11.3 Å². The van der Waals surface area contributed by atoms with Gasteiger partial charge in [0, 0.05) is 37.1 Å². The molecule has 5 rings (SSSR count). The highest BCUT2D eigenvalue weighted by Gasteiger charge is 2.33. The molecule has 0 spiro atoms. The molecule has 3 heterocycles. The monoisotopic (exact) mass is 596 g/mol. The van der Waals surface area contributed by atoms with Crippen LogP contribution in [0.1, 0.15) is 50.9 Å². The minimum Gasteiger partial charge on any atom is -0.450 e. The molecule has 0 atom stereocenters. The second-order valence-corrected chi connectivity index (χ2v) is 12.9. The first-order chi connectivity index (χ1) is 19.7. The summed E-state index contributed by atoms with van der Waals surface area (Å²) in [5, 5.41) is 3.34. The number of anilines is 2. The zero-order valence-electron chi connectivity index (χ0n) is 23.0. The van der Waals surface area contributed by atoms with Gasteiger partial charge in [-0.15, -0.1) is 11.3 Å². The van der Waals surface area contributed by atoms with Gasteiger partial charge in [0.15, 0.2) is 0 Å². The van der Waals surface area contributed by atoms with E-state index in [4.69, 9.17) is 4.74 Å². The van der Waals surface area contributed by atoms with Gasteiger partial charge in [-0.1, -0.05) is 18.2 Å². The van der Waals surface area contributed by atoms with Crippen LogP contribution in [0.5, 0.6) is 0 Å². The predicted molar refractivity (Wildman–Crippen MR) is 157 cm³/mol. The van der Waals surface area contributed by atoms with Crippen LogP contribution in [0.3, 0.4) is 0 Å². The summed E-state index contributed by atoms with van der Waals surface area (Å²) >= 11 is 1.29. The van der Waals surface area contributed by atoms with Gasteiger partial charge < -0.3 is 19.9 Å². The first-order valence-electron chi connectivity index (χ1n) is 13.5. The number of carbonyl (C=O) groups excluding carboxylic acids is 3. The van der Waals surface area contributed by atoms with Crippen molar-refractivity contribution in [3.8, 4) is 0 Å². The molecule has 3 amide bonds. The number of nitrogens with zero attached hydrogens (tertiary/aromatic N) is 3. The molecule has 12 heteroatoms. The van der Waals surface area contributed by atoms with Crippen molar-refractivity contribution < 1.29 is 27.5 Å². The van der Waals surface area contributed by atoms with E-state index in [1.807, 2.05) is 6.07 Å². The highest BCUT2D eigenvalue weighted by molar-refractivity contribution is 7.92. The van der Waals surface area contributed by atoms with Crippen LogP contribution in [0.25, 0.3) is 0 Å². The number of thiophene rings is 1. The maximum Gasteiger partial charge on any atom is 0.410 e. The molecule has 1 aromatic heterocycles. The Morgan fingerprint density at radius 3 is 2.32 bits per heavy atom. The van der Waals surface area contributed by atoms with Gasteiger partial charge in [-0.05, 0) is 68.1 Å². The van der Waals surface area contributed by atoms with Gasteiger partial charge >= 0.3 is 6.09 Å². The van der Waals surface area contributed by atoms with Crippen molar-refractivity contribution in [2.45, 2.75) is 37.6 Å². The first kappa shape index (κ1) is 28.6. The Balaban J connectivity index is 1.39. The molecule has 2 aliphatic heterocycles. The number of sulfonamides is 1. The highest BCUT2D eigenvalue weighted by atomic mass is 32.2. The Morgan fingerprint density at radius 1 is 0.976 bits per heavy atom. The zero-order valence-corrected chi connectivity index (χ0v) is 24.6. The molecule has 2 aromatic carbocycles. The van der Waals surface area contributed by atoms with Gasteiger partial charge in [-0.2, -0.15) is 0 Å². The van der Waals surface area contributed by atoms with Crippen molar-refractivity contribution in [2.24, 2.45) is 0 Å². The molecule has 2 aliphatic rings. The lowest BCUT2D eigenvalue weighted by Gasteiger charge is -2.26. The number of rotatable bonds is 7. The molecule has 10 nitrogen and oxygen atoms in total. The number of hydrogen-bond donors (Lipinski definition) is 1.